The van der Waals surface area contributed by atoms with Crippen LogP contribution in [0.1, 0.15) is 12.5 Å². The summed E-state index contributed by atoms with van der Waals surface area (Å²) in [5.41, 5.74) is 7.59. The smallest absolute Gasteiger partial charge is 0.262 e. The molecule has 0 amide bonds. The lowest BCUT2D eigenvalue weighted by atomic mass is 10.2. The molecule has 112 valence electrons. The Morgan fingerprint density at radius 3 is 2.38 bits per heavy atom. The lowest BCUT2D eigenvalue weighted by molar-refractivity contribution is 0.417. The van der Waals surface area contributed by atoms with Crippen molar-refractivity contribution in [1.82, 2.24) is 0 Å². The van der Waals surface area contributed by atoms with Crippen molar-refractivity contribution < 1.29 is 13.2 Å². The van der Waals surface area contributed by atoms with Crippen LogP contribution in [0.3, 0.4) is 0 Å². The molecule has 2 aromatic rings. The van der Waals surface area contributed by atoms with E-state index in [0.717, 1.165) is 12.0 Å². The highest BCUT2D eigenvalue weighted by Gasteiger charge is 2.16. The Morgan fingerprint density at radius 1 is 1.14 bits per heavy atom. The highest BCUT2D eigenvalue weighted by atomic mass is 32.2. The first-order valence-electron chi connectivity index (χ1n) is 6.51. The predicted octanol–water partition coefficient (Wildman–Crippen LogP) is 2.64. The minimum atomic E-state index is -3.65. The molecule has 0 aliphatic rings. The summed E-state index contributed by atoms with van der Waals surface area (Å²) < 4.78 is 32.4. The van der Waals surface area contributed by atoms with Crippen molar-refractivity contribution in [1.29, 1.82) is 0 Å². The van der Waals surface area contributed by atoms with Crippen LogP contribution in [-0.2, 0) is 16.4 Å². The van der Waals surface area contributed by atoms with Gasteiger partial charge in [0, 0.05) is 11.8 Å². The topological polar surface area (TPSA) is 81.4 Å². The zero-order chi connectivity index (χ0) is 15.5. The Labute approximate surface area is 124 Å². The summed E-state index contributed by atoms with van der Waals surface area (Å²) in [5.74, 6) is 0.378. The van der Waals surface area contributed by atoms with E-state index in [1.165, 1.54) is 7.11 Å². The summed E-state index contributed by atoms with van der Waals surface area (Å²) in [7, 11) is -2.19. The molecule has 0 saturated heterocycles. The molecule has 0 atom stereocenters. The van der Waals surface area contributed by atoms with Crippen LogP contribution < -0.4 is 15.2 Å². The molecule has 0 unspecified atom stereocenters. The van der Waals surface area contributed by atoms with Gasteiger partial charge in [-0.15, -0.1) is 0 Å². The van der Waals surface area contributed by atoms with E-state index in [-0.39, 0.29) is 4.90 Å². The lowest BCUT2D eigenvalue weighted by Crippen LogP contribution is -2.13. The van der Waals surface area contributed by atoms with E-state index in [9.17, 15) is 8.42 Å². The van der Waals surface area contributed by atoms with E-state index < -0.39 is 10.0 Å². The molecule has 6 heteroatoms. The lowest BCUT2D eigenvalue weighted by Gasteiger charge is -2.12. The fourth-order valence-electron chi connectivity index (χ4n) is 1.90. The number of benzene rings is 2. The van der Waals surface area contributed by atoms with Crippen LogP contribution in [-0.4, -0.2) is 15.5 Å². The number of rotatable bonds is 5. The maximum Gasteiger partial charge on any atom is 0.262 e. The Bertz CT molecular complexity index is 725. The molecule has 0 saturated carbocycles. The second-order valence-electron chi connectivity index (χ2n) is 4.56. The average Bonchev–Trinajstić information content (AvgIpc) is 2.49. The maximum atomic E-state index is 12.4. The first-order valence-corrected chi connectivity index (χ1v) is 8.00. The predicted molar refractivity (Wildman–Crippen MR) is 84.0 cm³/mol. The van der Waals surface area contributed by atoms with Crippen molar-refractivity contribution in [3.05, 3.63) is 48.0 Å². The van der Waals surface area contributed by atoms with E-state index in [2.05, 4.69) is 4.72 Å². The molecule has 0 aliphatic carbocycles. The monoisotopic (exact) mass is 306 g/mol. The summed E-state index contributed by atoms with van der Waals surface area (Å²) in [6.45, 7) is 2.01. The Kier molecular flexibility index (Phi) is 4.37. The van der Waals surface area contributed by atoms with Crippen molar-refractivity contribution in [3.8, 4) is 5.75 Å². The van der Waals surface area contributed by atoms with Crippen LogP contribution >= 0.6 is 0 Å². The minimum absolute atomic E-state index is 0.207. The third-order valence-electron chi connectivity index (χ3n) is 3.11. The van der Waals surface area contributed by atoms with Crippen LogP contribution in [0.4, 0.5) is 11.4 Å². The van der Waals surface area contributed by atoms with Crippen LogP contribution in [0.15, 0.2) is 47.4 Å². The fraction of sp³-hybridized carbons (Fsp3) is 0.200. The van der Waals surface area contributed by atoms with Gasteiger partial charge in [0.1, 0.15) is 5.75 Å². The summed E-state index contributed by atoms with van der Waals surface area (Å²) in [5, 5.41) is 0. The molecular formula is C15H18N2O3S. The third kappa shape index (κ3) is 3.46. The van der Waals surface area contributed by atoms with Gasteiger partial charge in [0.15, 0.2) is 0 Å². The van der Waals surface area contributed by atoms with Gasteiger partial charge in [-0.1, -0.05) is 19.1 Å². The minimum Gasteiger partial charge on any atom is -0.494 e. The molecule has 5 nitrogen and oxygen atoms in total. The fourth-order valence-corrected chi connectivity index (χ4v) is 2.97. The number of hydrogen-bond acceptors (Lipinski definition) is 4. The molecule has 0 aromatic heterocycles. The van der Waals surface area contributed by atoms with Crippen LogP contribution in [0.2, 0.25) is 0 Å². The molecule has 2 rings (SSSR count). The number of nitrogens with two attached hydrogens (primary N) is 1. The number of ether oxygens (including phenoxy) is 1. The first-order chi connectivity index (χ1) is 9.96. The number of sulfonamides is 1. The highest BCUT2D eigenvalue weighted by Crippen LogP contribution is 2.28. The van der Waals surface area contributed by atoms with Crippen LogP contribution in [0, 0.1) is 0 Å². The molecule has 0 heterocycles. The second kappa shape index (κ2) is 6.05. The van der Waals surface area contributed by atoms with E-state index in [0.29, 0.717) is 17.1 Å². The zero-order valence-corrected chi connectivity index (χ0v) is 12.8. The molecule has 0 radical (unpaired) electrons. The summed E-state index contributed by atoms with van der Waals surface area (Å²) >= 11 is 0. The van der Waals surface area contributed by atoms with Gasteiger partial charge in [-0.3, -0.25) is 4.72 Å². The molecule has 0 bridgehead atoms. The van der Waals surface area contributed by atoms with Gasteiger partial charge in [0.2, 0.25) is 0 Å². The molecule has 3 N–H and O–H groups in total. The Morgan fingerprint density at radius 2 is 1.81 bits per heavy atom. The third-order valence-corrected chi connectivity index (χ3v) is 4.49. The number of hydrogen-bond donors (Lipinski definition) is 2. The molecule has 21 heavy (non-hydrogen) atoms. The van der Waals surface area contributed by atoms with Crippen LogP contribution in [0.5, 0.6) is 5.75 Å². The van der Waals surface area contributed by atoms with Crippen molar-refractivity contribution in [3.63, 3.8) is 0 Å². The van der Waals surface area contributed by atoms with Gasteiger partial charge in [-0.2, -0.15) is 0 Å². The Balaban J connectivity index is 2.32. The van der Waals surface area contributed by atoms with Gasteiger partial charge < -0.3 is 10.5 Å². The SMILES string of the molecule is CCc1ccc(S(=O)(=O)Nc2ccc(N)cc2OC)cc1. The number of anilines is 2. The van der Waals surface area contributed by atoms with Crippen molar-refractivity contribution in [2.45, 2.75) is 18.2 Å². The molecule has 2 aromatic carbocycles. The number of methoxy groups -OCH3 is 1. The summed E-state index contributed by atoms with van der Waals surface area (Å²) in [6, 6.07) is 11.5. The normalized spacial score (nSPS) is 11.1. The second-order valence-corrected chi connectivity index (χ2v) is 6.25. The number of aryl methyl sites for hydroxylation is 1. The first kappa shape index (κ1) is 15.2. The number of nitrogens with one attached hydrogen (secondary N) is 1. The number of nitrogen functional groups attached to an aromatic ring is 1. The van der Waals surface area contributed by atoms with E-state index in [4.69, 9.17) is 10.5 Å². The Hall–Kier alpha value is -2.21. The van der Waals surface area contributed by atoms with Gasteiger partial charge in [-0.25, -0.2) is 8.42 Å². The molecule has 0 spiro atoms. The van der Waals surface area contributed by atoms with E-state index in [1.807, 2.05) is 6.92 Å². The van der Waals surface area contributed by atoms with Crippen LogP contribution in [0.25, 0.3) is 0 Å². The van der Waals surface area contributed by atoms with Gasteiger partial charge in [-0.05, 0) is 36.2 Å². The van der Waals surface area contributed by atoms with Gasteiger partial charge in [0.25, 0.3) is 10.0 Å². The van der Waals surface area contributed by atoms with Gasteiger partial charge in [0.05, 0.1) is 17.7 Å². The zero-order valence-electron chi connectivity index (χ0n) is 12.0. The maximum absolute atomic E-state index is 12.4. The average molecular weight is 306 g/mol. The molecule has 0 fully saturated rings. The standard InChI is InChI=1S/C15H18N2O3S/c1-3-11-4-7-13(8-5-11)21(18,19)17-14-9-6-12(16)10-15(14)20-2/h4-10,17H,3,16H2,1-2H3. The van der Waals surface area contributed by atoms with E-state index in [1.54, 1.807) is 42.5 Å². The largest absolute Gasteiger partial charge is 0.494 e. The van der Waals surface area contributed by atoms with Gasteiger partial charge >= 0.3 is 0 Å². The van der Waals surface area contributed by atoms with E-state index >= 15 is 0 Å². The quantitative estimate of drug-likeness (QED) is 0.832. The molecule has 0 aliphatic heterocycles. The molecular weight excluding hydrogens is 288 g/mol. The van der Waals surface area contributed by atoms with Crippen molar-refractivity contribution in [2.24, 2.45) is 0 Å². The summed E-state index contributed by atoms with van der Waals surface area (Å²) in [6.07, 6.45) is 0.861. The van der Waals surface area contributed by atoms with Crippen molar-refractivity contribution in [2.75, 3.05) is 17.6 Å². The summed E-state index contributed by atoms with van der Waals surface area (Å²) in [4.78, 5) is 0.207. The highest BCUT2D eigenvalue weighted by molar-refractivity contribution is 7.92. The van der Waals surface area contributed by atoms with Crippen molar-refractivity contribution >= 4 is 21.4 Å².